The third-order valence-corrected chi connectivity index (χ3v) is 1.67. The van der Waals surface area contributed by atoms with E-state index < -0.39 is 6.16 Å². The van der Waals surface area contributed by atoms with Crippen LogP contribution in [-0.2, 0) is 4.74 Å². The van der Waals surface area contributed by atoms with E-state index >= 15 is 0 Å². The number of ether oxygens (including phenoxy) is 1. The van der Waals surface area contributed by atoms with Crippen molar-refractivity contribution in [3.63, 3.8) is 0 Å². The Hall–Kier alpha value is -1.03. The molecule has 0 radical (unpaired) electrons. The zero-order valence-electron chi connectivity index (χ0n) is 9.32. The van der Waals surface area contributed by atoms with Gasteiger partial charge in [0.1, 0.15) is 6.61 Å². The quantitative estimate of drug-likeness (QED) is 0.550. The van der Waals surface area contributed by atoms with Crippen LogP contribution in [0.25, 0.3) is 0 Å². The highest BCUT2D eigenvalue weighted by Gasteiger charge is 1.89. The SMILES string of the molecule is C=CCOC(=O)O.CCN(CC)CC. The van der Waals surface area contributed by atoms with Gasteiger partial charge in [0.15, 0.2) is 0 Å². The van der Waals surface area contributed by atoms with E-state index in [2.05, 4.69) is 37.0 Å². The first-order chi connectivity index (χ1) is 6.62. The fraction of sp³-hybridized carbons (Fsp3) is 0.700. The Morgan fingerprint density at radius 2 is 1.79 bits per heavy atom. The van der Waals surface area contributed by atoms with E-state index in [1.165, 1.54) is 25.7 Å². The number of carbonyl (C=O) groups is 1. The van der Waals surface area contributed by atoms with Gasteiger partial charge in [0, 0.05) is 0 Å². The predicted molar refractivity (Wildman–Crippen MR) is 57.6 cm³/mol. The van der Waals surface area contributed by atoms with Gasteiger partial charge in [-0.25, -0.2) is 4.79 Å². The first-order valence-electron chi connectivity index (χ1n) is 4.81. The molecule has 0 atom stereocenters. The summed E-state index contributed by atoms with van der Waals surface area (Å²) >= 11 is 0. The van der Waals surface area contributed by atoms with Gasteiger partial charge in [-0.1, -0.05) is 33.4 Å². The zero-order valence-corrected chi connectivity index (χ0v) is 9.32. The summed E-state index contributed by atoms with van der Waals surface area (Å²) in [5.74, 6) is 0. The van der Waals surface area contributed by atoms with Crippen molar-refractivity contribution in [2.45, 2.75) is 20.8 Å². The highest BCUT2D eigenvalue weighted by atomic mass is 16.7. The average molecular weight is 203 g/mol. The molecule has 0 fully saturated rings. The zero-order chi connectivity index (χ0) is 11.4. The second kappa shape index (κ2) is 12.0. The molecule has 14 heavy (non-hydrogen) atoms. The molecule has 0 spiro atoms. The Morgan fingerprint density at radius 1 is 1.36 bits per heavy atom. The topological polar surface area (TPSA) is 49.8 Å². The van der Waals surface area contributed by atoms with Crippen molar-refractivity contribution < 1.29 is 14.6 Å². The van der Waals surface area contributed by atoms with Crippen molar-refractivity contribution in [1.82, 2.24) is 4.90 Å². The van der Waals surface area contributed by atoms with E-state index in [-0.39, 0.29) is 6.61 Å². The maximum atomic E-state index is 9.49. The molecule has 0 unspecified atom stereocenters. The molecular formula is C10H21NO3. The summed E-state index contributed by atoms with van der Waals surface area (Å²) in [6.45, 7) is 13.4. The largest absolute Gasteiger partial charge is 0.506 e. The van der Waals surface area contributed by atoms with Crippen LogP contribution in [-0.4, -0.2) is 42.4 Å². The molecule has 0 saturated carbocycles. The Bertz CT molecular complexity index is 139. The van der Waals surface area contributed by atoms with Gasteiger partial charge in [-0.3, -0.25) is 0 Å². The third kappa shape index (κ3) is 13.6. The summed E-state index contributed by atoms with van der Waals surface area (Å²) in [6, 6.07) is 0. The molecule has 0 aliphatic rings. The van der Waals surface area contributed by atoms with Crippen molar-refractivity contribution in [2.24, 2.45) is 0 Å². The van der Waals surface area contributed by atoms with Crippen LogP contribution in [0.15, 0.2) is 12.7 Å². The van der Waals surface area contributed by atoms with Gasteiger partial charge < -0.3 is 14.7 Å². The molecular weight excluding hydrogens is 182 g/mol. The molecule has 0 amide bonds. The smallest absolute Gasteiger partial charge is 0.450 e. The van der Waals surface area contributed by atoms with E-state index in [0.29, 0.717) is 0 Å². The molecule has 4 nitrogen and oxygen atoms in total. The van der Waals surface area contributed by atoms with Crippen LogP contribution >= 0.6 is 0 Å². The molecule has 0 aliphatic carbocycles. The molecule has 4 heteroatoms. The lowest BCUT2D eigenvalue weighted by Gasteiger charge is -2.13. The van der Waals surface area contributed by atoms with Crippen molar-refractivity contribution in [3.05, 3.63) is 12.7 Å². The van der Waals surface area contributed by atoms with Crippen molar-refractivity contribution in [3.8, 4) is 0 Å². The lowest BCUT2D eigenvalue weighted by molar-refractivity contribution is 0.102. The Labute approximate surface area is 86.2 Å². The monoisotopic (exact) mass is 203 g/mol. The Kier molecular flexibility index (Phi) is 13.2. The van der Waals surface area contributed by atoms with E-state index in [4.69, 9.17) is 5.11 Å². The minimum absolute atomic E-state index is 0.0648. The van der Waals surface area contributed by atoms with Crippen LogP contribution in [0.5, 0.6) is 0 Å². The minimum Gasteiger partial charge on any atom is -0.450 e. The molecule has 0 aliphatic heterocycles. The molecule has 0 aromatic heterocycles. The van der Waals surface area contributed by atoms with Crippen LogP contribution in [0, 0.1) is 0 Å². The highest BCUT2D eigenvalue weighted by molar-refractivity contribution is 5.56. The van der Waals surface area contributed by atoms with E-state index in [1.807, 2.05) is 0 Å². The summed E-state index contributed by atoms with van der Waals surface area (Å²) in [7, 11) is 0. The highest BCUT2D eigenvalue weighted by Crippen LogP contribution is 1.81. The molecule has 0 aromatic rings. The number of nitrogens with zero attached hydrogens (tertiary/aromatic N) is 1. The summed E-state index contributed by atoms with van der Waals surface area (Å²) in [6.07, 6.45) is 0.105. The molecule has 0 bridgehead atoms. The van der Waals surface area contributed by atoms with Crippen molar-refractivity contribution in [1.29, 1.82) is 0 Å². The van der Waals surface area contributed by atoms with Gasteiger partial charge in [0.05, 0.1) is 0 Å². The van der Waals surface area contributed by atoms with Crippen molar-refractivity contribution >= 4 is 6.16 Å². The number of carboxylic acid groups (broad SMARTS) is 1. The fourth-order valence-electron chi connectivity index (χ4n) is 0.801. The average Bonchev–Trinajstić information content (AvgIpc) is 2.18. The summed E-state index contributed by atoms with van der Waals surface area (Å²) in [5.41, 5.74) is 0. The third-order valence-electron chi connectivity index (χ3n) is 1.67. The predicted octanol–water partition coefficient (Wildman–Crippen LogP) is 2.22. The van der Waals surface area contributed by atoms with E-state index in [9.17, 15) is 4.79 Å². The maximum Gasteiger partial charge on any atom is 0.506 e. The van der Waals surface area contributed by atoms with Crippen LogP contribution in [0.4, 0.5) is 4.79 Å². The van der Waals surface area contributed by atoms with Crippen LogP contribution < -0.4 is 0 Å². The van der Waals surface area contributed by atoms with Crippen molar-refractivity contribution in [2.75, 3.05) is 26.2 Å². The Balaban J connectivity index is 0. The molecule has 84 valence electrons. The van der Waals surface area contributed by atoms with E-state index in [1.54, 1.807) is 0 Å². The molecule has 0 saturated heterocycles. The minimum atomic E-state index is -1.26. The van der Waals surface area contributed by atoms with Crippen LogP contribution in [0.2, 0.25) is 0 Å². The molecule has 1 N–H and O–H groups in total. The van der Waals surface area contributed by atoms with Gasteiger partial charge >= 0.3 is 6.16 Å². The maximum absolute atomic E-state index is 9.49. The molecule has 0 rings (SSSR count). The molecule has 0 heterocycles. The lowest BCUT2D eigenvalue weighted by atomic mass is 10.5. The van der Waals surface area contributed by atoms with Gasteiger partial charge in [-0.15, -0.1) is 0 Å². The molecule has 0 aromatic carbocycles. The second-order valence-corrected chi connectivity index (χ2v) is 2.49. The summed E-state index contributed by atoms with van der Waals surface area (Å²) in [4.78, 5) is 11.9. The lowest BCUT2D eigenvalue weighted by Crippen LogP contribution is -2.21. The van der Waals surface area contributed by atoms with Gasteiger partial charge in [0.25, 0.3) is 0 Å². The number of rotatable bonds is 5. The van der Waals surface area contributed by atoms with Crippen LogP contribution in [0.3, 0.4) is 0 Å². The van der Waals surface area contributed by atoms with Gasteiger partial charge in [0.2, 0.25) is 0 Å². The first-order valence-corrected chi connectivity index (χ1v) is 4.81. The second-order valence-electron chi connectivity index (χ2n) is 2.49. The van der Waals surface area contributed by atoms with Gasteiger partial charge in [-0.05, 0) is 19.6 Å². The number of hydrogen-bond acceptors (Lipinski definition) is 3. The Morgan fingerprint density at radius 3 is 1.86 bits per heavy atom. The van der Waals surface area contributed by atoms with E-state index in [0.717, 1.165) is 0 Å². The normalized spacial score (nSPS) is 8.86. The standard InChI is InChI=1S/C6H15N.C4H6O3/c1-4-7(5-2)6-3;1-2-3-7-4(5)6/h4-6H2,1-3H3;2H,1,3H2,(H,5,6). The summed E-state index contributed by atoms with van der Waals surface area (Å²) < 4.78 is 3.99. The van der Waals surface area contributed by atoms with Gasteiger partial charge in [-0.2, -0.15) is 0 Å². The fourth-order valence-corrected chi connectivity index (χ4v) is 0.801. The first kappa shape index (κ1) is 15.4. The van der Waals surface area contributed by atoms with Crippen LogP contribution in [0.1, 0.15) is 20.8 Å². The number of hydrogen-bond donors (Lipinski definition) is 1. The summed E-state index contributed by atoms with van der Waals surface area (Å²) in [5, 5.41) is 7.77.